The van der Waals surface area contributed by atoms with Crippen LogP contribution in [0.2, 0.25) is 5.04 Å². The van der Waals surface area contributed by atoms with E-state index in [1.54, 1.807) is 12.1 Å². The van der Waals surface area contributed by atoms with Gasteiger partial charge in [0, 0.05) is 0 Å². The Hall–Kier alpha value is -3.29. The second-order valence-electron chi connectivity index (χ2n) is 11.2. The Bertz CT molecular complexity index is 1290. The number of aliphatic hydroxyl groups excluding tert-OH is 2. The lowest BCUT2D eigenvalue weighted by molar-refractivity contribution is 0.198. The van der Waals surface area contributed by atoms with E-state index in [-0.39, 0.29) is 24.0 Å². The van der Waals surface area contributed by atoms with Gasteiger partial charge in [-0.25, -0.2) is 4.39 Å². The molecular weight excluding hydrogens is 519 g/mol. The summed E-state index contributed by atoms with van der Waals surface area (Å²) in [4.78, 5) is 0. The van der Waals surface area contributed by atoms with Gasteiger partial charge in [0.25, 0.3) is 8.32 Å². The first-order chi connectivity index (χ1) is 19.0. The lowest BCUT2D eigenvalue weighted by atomic mass is 9.96. The number of aromatic hydroxyl groups is 1. The van der Waals surface area contributed by atoms with Crippen molar-refractivity contribution in [2.45, 2.75) is 51.7 Å². The van der Waals surface area contributed by atoms with Crippen molar-refractivity contribution in [3.8, 4) is 5.75 Å². The zero-order valence-corrected chi connectivity index (χ0v) is 24.9. The van der Waals surface area contributed by atoms with Gasteiger partial charge in [-0.1, -0.05) is 112 Å². The van der Waals surface area contributed by atoms with Gasteiger partial charge in [0.2, 0.25) is 0 Å². The van der Waals surface area contributed by atoms with Crippen LogP contribution in [0.3, 0.4) is 0 Å². The third-order valence-corrected chi connectivity index (χ3v) is 12.1. The van der Waals surface area contributed by atoms with Crippen LogP contribution in [-0.4, -0.2) is 43.0 Å². The molecule has 0 saturated carbocycles. The second kappa shape index (κ2) is 13.9. The highest BCUT2D eigenvalue weighted by Gasteiger charge is 2.50. The molecule has 1 atom stereocenters. The molecular formula is C34H41FO4Si. The average molecular weight is 561 g/mol. The molecule has 0 fully saturated rings. The monoisotopic (exact) mass is 560 g/mol. The number of phenolic OH excluding ortho intramolecular Hbond substituents is 1. The van der Waals surface area contributed by atoms with Crippen LogP contribution in [0.15, 0.2) is 108 Å². The molecule has 0 aromatic heterocycles. The van der Waals surface area contributed by atoms with Gasteiger partial charge in [-0.3, -0.25) is 0 Å². The fraction of sp³-hybridized carbons (Fsp3) is 0.294. The van der Waals surface area contributed by atoms with Crippen molar-refractivity contribution < 1.29 is 24.1 Å². The molecule has 0 bridgehead atoms. The summed E-state index contributed by atoms with van der Waals surface area (Å²) in [5, 5.41) is 32.4. The summed E-state index contributed by atoms with van der Waals surface area (Å²) in [5.41, 5.74) is 2.76. The summed E-state index contributed by atoms with van der Waals surface area (Å²) in [5.74, 6) is -1.06. The molecule has 40 heavy (non-hydrogen) atoms. The highest BCUT2D eigenvalue weighted by molar-refractivity contribution is 6.99. The van der Waals surface area contributed by atoms with E-state index in [1.165, 1.54) is 12.1 Å². The summed E-state index contributed by atoms with van der Waals surface area (Å²) in [6, 6.07) is 24.9. The van der Waals surface area contributed by atoms with E-state index in [1.807, 2.05) is 49.4 Å². The van der Waals surface area contributed by atoms with Crippen molar-refractivity contribution in [2.24, 2.45) is 0 Å². The van der Waals surface area contributed by atoms with E-state index in [2.05, 4.69) is 51.6 Å². The van der Waals surface area contributed by atoms with Gasteiger partial charge in [-0.15, -0.1) is 0 Å². The molecule has 212 valence electrons. The molecule has 3 N–H and O–H groups in total. The maximum Gasteiger partial charge on any atom is 0.261 e. The SMILES string of the molecule is C=C(CO[Si](c1ccccc1)(c1ccccc1)C(C)(C)C)/C(=C/CO)C(O)CC/C(C)=C/c1ccc(O)c(F)c1. The van der Waals surface area contributed by atoms with Crippen molar-refractivity contribution in [1.29, 1.82) is 0 Å². The molecule has 0 saturated heterocycles. The van der Waals surface area contributed by atoms with Crippen LogP contribution in [0.5, 0.6) is 5.75 Å². The Morgan fingerprint density at radius 1 is 1.00 bits per heavy atom. The molecule has 1 unspecified atom stereocenters. The van der Waals surface area contributed by atoms with Gasteiger partial charge < -0.3 is 19.7 Å². The van der Waals surface area contributed by atoms with Gasteiger partial charge in [0.15, 0.2) is 11.6 Å². The third-order valence-electron chi connectivity index (χ3n) is 7.16. The van der Waals surface area contributed by atoms with Crippen LogP contribution < -0.4 is 10.4 Å². The quantitative estimate of drug-likeness (QED) is 0.184. The largest absolute Gasteiger partial charge is 0.505 e. The Kier molecular flexibility index (Phi) is 10.8. The molecule has 0 heterocycles. The summed E-state index contributed by atoms with van der Waals surface area (Å²) < 4.78 is 20.7. The maximum absolute atomic E-state index is 13.7. The number of aliphatic hydroxyl groups is 2. The fourth-order valence-electron chi connectivity index (χ4n) is 5.14. The molecule has 3 aromatic carbocycles. The highest BCUT2D eigenvalue weighted by Crippen LogP contribution is 2.37. The predicted octanol–water partition coefficient (Wildman–Crippen LogP) is 6.13. The van der Waals surface area contributed by atoms with Crippen LogP contribution >= 0.6 is 0 Å². The molecule has 0 radical (unpaired) electrons. The van der Waals surface area contributed by atoms with Crippen LogP contribution in [0.25, 0.3) is 6.08 Å². The Morgan fingerprint density at radius 3 is 2.08 bits per heavy atom. The number of allylic oxidation sites excluding steroid dienone is 1. The molecule has 0 aliphatic heterocycles. The zero-order valence-electron chi connectivity index (χ0n) is 23.9. The van der Waals surface area contributed by atoms with E-state index in [4.69, 9.17) is 4.43 Å². The Balaban J connectivity index is 1.81. The van der Waals surface area contributed by atoms with Crippen molar-refractivity contribution >= 4 is 24.8 Å². The third kappa shape index (κ3) is 7.46. The second-order valence-corrected chi connectivity index (χ2v) is 15.5. The zero-order chi connectivity index (χ0) is 29.3. The lowest BCUT2D eigenvalue weighted by Crippen LogP contribution is -2.66. The first kappa shape index (κ1) is 31.2. The summed E-state index contributed by atoms with van der Waals surface area (Å²) in [6.45, 7) is 12.8. The summed E-state index contributed by atoms with van der Waals surface area (Å²) in [6.07, 6.45) is 3.51. The molecule has 0 spiro atoms. The number of hydrogen-bond donors (Lipinski definition) is 3. The van der Waals surface area contributed by atoms with Crippen molar-refractivity contribution in [3.05, 3.63) is 120 Å². The van der Waals surface area contributed by atoms with E-state index in [0.717, 1.165) is 15.9 Å². The summed E-state index contributed by atoms with van der Waals surface area (Å²) >= 11 is 0. The minimum absolute atomic E-state index is 0.203. The first-order valence-electron chi connectivity index (χ1n) is 13.6. The first-order valence-corrected chi connectivity index (χ1v) is 15.5. The van der Waals surface area contributed by atoms with E-state index < -0.39 is 20.2 Å². The van der Waals surface area contributed by atoms with E-state index >= 15 is 0 Å². The van der Waals surface area contributed by atoms with Gasteiger partial charge in [-0.05, 0) is 64.0 Å². The molecule has 0 aliphatic rings. The number of hydrogen-bond acceptors (Lipinski definition) is 4. The summed E-state index contributed by atoms with van der Waals surface area (Å²) in [7, 11) is -2.79. The molecule has 4 nitrogen and oxygen atoms in total. The van der Waals surface area contributed by atoms with Gasteiger partial charge in [0.05, 0.1) is 19.3 Å². The molecule has 0 aliphatic carbocycles. The smallest absolute Gasteiger partial charge is 0.261 e. The Labute approximate surface area is 238 Å². The maximum atomic E-state index is 13.7. The van der Waals surface area contributed by atoms with Crippen molar-refractivity contribution in [1.82, 2.24) is 0 Å². The van der Waals surface area contributed by atoms with Crippen LogP contribution in [0.1, 0.15) is 46.1 Å². The minimum atomic E-state index is -2.79. The minimum Gasteiger partial charge on any atom is -0.505 e. The number of rotatable bonds is 12. The number of phenols is 1. The average Bonchev–Trinajstić information content (AvgIpc) is 2.93. The lowest BCUT2D eigenvalue weighted by Gasteiger charge is -2.43. The predicted molar refractivity (Wildman–Crippen MR) is 165 cm³/mol. The van der Waals surface area contributed by atoms with Crippen molar-refractivity contribution in [3.63, 3.8) is 0 Å². The number of benzene rings is 3. The van der Waals surface area contributed by atoms with Gasteiger partial charge >= 0.3 is 0 Å². The molecule has 0 amide bonds. The topological polar surface area (TPSA) is 69.9 Å². The van der Waals surface area contributed by atoms with E-state index in [9.17, 15) is 19.7 Å². The van der Waals surface area contributed by atoms with Crippen LogP contribution in [0.4, 0.5) is 4.39 Å². The fourth-order valence-corrected chi connectivity index (χ4v) is 9.69. The molecule has 3 rings (SSSR count). The van der Waals surface area contributed by atoms with E-state index in [0.29, 0.717) is 29.6 Å². The Morgan fingerprint density at radius 2 is 1.57 bits per heavy atom. The van der Waals surface area contributed by atoms with Crippen LogP contribution in [-0.2, 0) is 4.43 Å². The van der Waals surface area contributed by atoms with Gasteiger partial charge in [-0.2, -0.15) is 0 Å². The highest BCUT2D eigenvalue weighted by atomic mass is 28.4. The van der Waals surface area contributed by atoms with Crippen molar-refractivity contribution in [2.75, 3.05) is 13.2 Å². The van der Waals surface area contributed by atoms with Gasteiger partial charge in [0.1, 0.15) is 0 Å². The number of halogens is 1. The van der Waals surface area contributed by atoms with Crippen LogP contribution in [0, 0.1) is 5.82 Å². The normalized spacial score (nSPS) is 13.8. The molecule has 6 heteroatoms. The standard InChI is InChI=1S/C34H41FO4Si/c1-25(22-27-17-19-33(38)31(35)23-27)16-18-32(37)30(20-21-36)26(2)24-39-40(34(3,4)5,28-12-8-6-9-13-28)29-14-10-7-11-15-29/h6-15,17,19-20,22-23,32,36-38H,2,16,18,21,24H2,1,3-5H3/b25-22+,30-20-. The molecule has 3 aromatic rings.